The zero-order valence-corrected chi connectivity index (χ0v) is 12.2. The van der Waals surface area contributed by atoms with Crippen LogP contribution in [0.4, 0.5) is 0 Å². The Morgan fingerprint density at radius 3 is 2.67 bits per heavy atom. The van der Waals surface area contributed by atoms with Crippen molar-refractivity contribution in [2.75, 3.05) is 0 Å². The van der Waals surface area contributed by atoms with Gasteiger partial charge in [-0.05, 0) is 49.7 Å². The predicted molar refractivity (Wildman–Crippen MR) is 88.1 cm³/mol. The van der Waals surface area contributed by atoms with Crippen LogP contribution in [0.3, 0.4) is 0 Å². The number of hydrogen-bond acceptors (Lipinski definition) is 1. The molecule has 102 valence electrons. The number of aryl methyl sites for hydroxylation is 2. The van der Waals surface area contributed by atoms with Gasteiger partial charge in [-0.25, -0.2) is 4.98 Å². The molecule has 0 saturated heterocycles. The molecule has 2 heterocycles. The molecule has 21 heavy (non-hydrogen) atoms. The van der Waals surface area contributed by atoms with Crippen LogP contribution >= 0.6 is 0 Å². The number of hydrogen-bond donors (Lipinski definition) is 0. The monoisotopic (exact) mass is 272 g/mol. The summed E-state index contributed by atoms with van der Waals surface area (Å²) in [5.41, 5.74) is 4.80. The third-order valence-electron chi connectivity index (χ3n) is 3.99. The maximum atomic E-state index is 4.81. The molecule has 0 unspecified atom stereocenters. The first-order valence-corrected chi connectivity index (χ1v) is 7.17. The van der Waals surface area contributed by atoms with E-state index < -0.39 is 0 Å². The van der Waals surface area contributed by atoms with Crippen molar-refractivity contribution in [3.63, 3.8) is 0 Å². The van der Waals surface area contributed by atoms with Gasteiger partial charge in [0.25, 0.3) is 0 Å². The van der Waals surface area contributed by atoms with Gasteiger partial charge in [0.1, 0.15) is 5.82 Å². The molecule has 0 aliphatic heterocycles. The van der Waals surface area contributed by atoms with Gasteiger partial charge in [-0.15, -0.1) is 0 Å². The van der Waals surface area contributed by atoms with Gasteiger partial charge in [0.05, 0.1) is 11.0 Å². The van der Waals surface area contributed by atoms with E-state index >= 15 is 0 Å². The van der Waals surface area contributed by atoms with E-state index in [1.54, 1.807) is 0 Å². The zero-order valence-electron chi connectivity index (χ0n) is 12.2. The minimum absolute atomic E-state index is 0.968. The van der Waals surface area contributed by atoms with Gasteiger partial charge in [0, 0.05) is 17.0 Å². The molecule has 0 amide bonds. The first-order valence-electron chi connectivity index (χ1n) is 7.17. The van der Waals surface area contributed by atoms with Crippen molar-refractivity contribution in [1.29, 1.82) is 0 Å². The Hall–Kier alpha value is -2.61. The first kappa shape index (κ1) is 12.2. The highest BCUT2D eigenvalue weighted by molar-refractivity contribution is 5.86. The smallest absolute Gasteiger partial charge is 0.137 e. The molecule has 4 aromatic rings. The van der Waals surface area contributed by atoms with Gasteiger partial charge in [-0.2, -0.15) is 0 Å². The van der Waals surface area contributed by atoms with Gasteiger partial charge in [0.15, 0.2) is 0 Å². The van der Waals surface area contributed by atoms with Crippen LogP contribution in [0.15, 0.2) is 60.8 Å². The molecule has 2 aromatic heterocycles. The molecule has 0 saturated carbocycles. The summed E-state index contributed by atoms with van der Waals surface area (Å²) >= 11 is 0. The Balaban J connectivity index is 1.98. The van der Waals surface area contributed by atoms with E-state index in [1.807, 2.05) is 0 Å². The molecule has 0 aliphatic rings. The van der Waals surface area contributed by atoms with Gasteiger partial charge in [-0.3, -0.25) is 0 Å². The third kappa shape index (κ3) is 1.91. The van der Waals surface area contributed by atoms with Crippen LogP contribution in [0.1, 0.15) is 11.1 Å². The molecule has 0 radical (unpaired) electrons. The van der Waals surface area contributed by atoms with Crippen LogP contribution < -0.4 is 0 Å². The Morgan fingerprint density at radius 2 is 1.76 bits per heavy atom. The van der Waals surface area contributed by atoms with Crippen molar-refractivity contribution < 1.29 is 0 Å². The summed E-state index contributed by atoms with van der Waals surface area (Å²) in [7, 11) is 0. The second-order valence-corrected chi connectivity index (χ2v) is 5.56. The standard InChI is InChI=1S/C19H16N2/c1-13-6-8-17-16(12-13)7-9-18(20-17)21-11-10-15-5-3-4-14(2)19(15)21/h3-12H,1-2H3. The Bertz CT molecular complexity index is 964. The summed E-state index contributed by atoms with van der Waals surface area (Å²) in [6.07, 6.45) is 2.10. The van der Waals surface area contributed by atoms with E-state index in [9.17, 15) is 0 Å². The fourth-order valence-corrected chi connectivity index (χ4v) is 2.93. The second-order valence-electron chi connectivity index (χ2n) is 5.56. The van der Waals surface area contributed by atoms with Gasteiger partial charge < -0.3 is 4.57 Å². The molecule has 0 atom stereocenters. The molecule has 0 N–H and O–H groups in total. The zero-order chi connectivity index (χ0) is 14.4. The molecule has 2 nitrogen and oxygen atoms in total. The highest BCUT2D eigenvalue weighted by Gasteiger charge is 2.07. The van der Waals surface area contributed by atoms with Crippen molar-refractivity contribution in [2.45, 2.75) is 13.8 Å². The van der Waals surface area contributed by atoms with E-state index in [0.29, 0.717) is 0 Å². The van der Waals surface area contributed by atoms with E-state index in [-0.39, 0.29) is 0 Å². The fraction of sp³-hybridized carbons (Fsp3) is 0.105. The number of nitrogens with zero attached hydrogens (tertiary/aromatic N) is 2. The van der Waals surface area contributed by atoms with Crippen LogP contribution in [0, 0.1) is 13.8 Å². The largest absolute Gasteiger partial charge is 0.301 e. The maximum absolute atomic E-state index is 4.81. The average Bonchev–Trinajstić information content (AvgIpc) is 2.92. The number of rotatable bonds is 1. The molecule has 0 spiro atoms. The number of para-hydroxylation sites is 1. The highest BCUT2D eigenvalue weighted by atomic mass is 15.1. The first-order chi connectivity index (χ1) is 10.2. The lowest BCUT2D eigenvalue weighted by Crippen LogP contribution is -1.97. The number of pyridine rings is 1. The van der Waals surface area contributed by atoms with Gasteiger partial charge in [0.2, 0.25) is 0 Å². The van der Waals surface area contributed by atoms with E-state index in [4.69, 9.17) is 4.98 Å². The van der Waals surface area contributed by atoms with E-state index in [2.05, 4.69) is 79.2 Å². The van der Waals surface area contributed by atoms with Crippen LogP contribution in [0.25, 0.3) is 27.6 Å². The maximum Gasteiger partial charge on any atom is 0.137 e. The lowest BCUT2D eigenvalue weighted by Gasteiger charge is -2.08. The third-order valence-corrected chi connectivity index (χ3v) is 3.99. The molecule has 0 bridgehead atoms. The number of aromatic nitrogens is 2. The molecule has 0 aliphatic carbocycles. The fourth-order valence-electron chi connectivity index (χ4n) is 2.93. The van der Waals surface area contributed by atoms with Crippen molar-refractivity contribution in [1.82, 2.24) is 9.55 Å². The molecule has 0 fully saturated rings. The van der Waals surface area contributed by atoms with Crippen LogP contribution in [-0.4, -0.2) is 9.55 Å². The van der Waals surface area contributed by atoms with E-state index in [1.165, 1.54) is 27.4 Å². The predicted octanol–water partition coefficient (Wildman–Crippen LogP) is 4.80. The summed E-state index contributed by atoms with van der Waals surface area (Å²) in [5, 5.41) is 2.44. The normalized spacial score (nSPS) is 11.3. The topological polar surface area (TPSA) is 17.8 Å². The number of benzene rings is 2. The molecular formula is C19H16N2. The Kier molecular flexibility index (Phi) is 2.58. The lowest BCUT2D eigenvalue weighted by atomic mass is 10.1. The SMILES string of the molecule is Cc1ccc2nc(-n3ccc4cccc(C)c43)ccc2c1. The van der Waals surface area contributed by atoms with Crippen molar-refractivity contribution >= 4 is 21.8 Å². The van der Waals surface area contributed by atoms with Crippen LogP contribution in [0.5, 0.6) is 0 Å². The van der Waals surface area contributed by atoms with Crippen molar-refractivity contribution in [2.24, 2.45) is 0 Å². The summed E-state index contributed by atoms with van der Waals surface area (Å²) < 4.78 is 2.17. The second kappa shape index (κ2) is 4.45. The van der Waals surface area contributed by atoms with Gasteiger partial charge in [-0.1, -0.05) is 29.8 Å². The summed E-state index contributed by atoms with van der Waals surface area (Å²) in [5.74, 6) is 0.968. The van der Waals surface area contributed by atoms with Crippen LogP contribution in [-0.2, 0) is 0 Å². The van der Waals surface area contributed by atoms with E-state index in [0.717, 1.165) is 11.3 Å². The summed E-state index contributed by atoms with van der Waals surface area (Å²) in [4.78, 5) is 4.81. The van der Waals surface area contributed by atoms with Crippen LogP contribution in [0.2, 0.25) is 0 Å². The Morgan fingerprint density at radius 1 is 0.857 bits per heavy atom. The summed E-state index contributed by atoms with van der Waals surface area (Å²) in [6, 6.07) is 19.1. The molecular weight excluding hydrogens is 256 g/mol. The molecule has 4 rings (SSSR count). The quantitative estimate of drug-likeness (QED) is 0.487. The molecule has 2 aromatic carbocycles. The Labute approximate surface area is 123 Å². The van der Waals surface area contributed by atoms with Gasteiger partial charge >= 0.3 is 0 Å². The summed E-state index contributed by atoms with van der Waals surface area (Å²) in [6.45, 7) is 4.25. The minimum Gasteiger partial charge on any atom is -0.301 e. The van der Waals surface area contributed by atoms with Crippen molar-refractivity contribution in [3.8, 4) is 5.82 Å². The average molecular weight is 272 g/mol. The van der Waals surface area contributed by atoms with Crippen molar-refractivity contribution in [3.05, 3.63) is 71.9 Å². The lowest BCUT2D eigenvalue weighted by molar-refractivity contribution is 1.06. The highest BCUT2D eigenvalue weighted by Crippen LogP contribution is 2.24. The number of fused-ring (bicyclic) bond motifs is 2. The molecule has 2 heteroatoms. The minimum atomic E-state index is 0.968.